The van der Waals surface area contributed by atoms with Crippen LogP contribution in [0.2, 0.25) is 0 Å². The van der Waals surface area contributed by atoms with E-state index in [1.54, 1.807) is 24.9 Å². The third kappa shape index (κ3) is 2.97. The maximum Gasteiger partial charge on any atom is 0.231 e. The molecule has 0 aliphatic carbocycles. The third-order valence-electron chi connectivity index (χ3n) is 4.22. The highest BCUT2D eigenvalue weighted by Gasteiger charge is 2.42. The van der Waals surface area contributed by atoms with E-state index in [9.17, 15) is 9.59 Å². The standard InChI is InChI=1S/C17H19N3O3/c1-10-4-6-12(7-5-10)16-13(9-15(21)20(16)3)17(22)18-14-8-11(2)23-19-14/h4-8,13,16H,9H2,1-3H3,(H,18,19,22)/t13-,16+/m0/s1. The van der Waals surface area contributed by atoms with Crippen molar-refractivity contribution in [3.63, 3.8) is 0 Å². The first-order valence-corrected chi connectivity index (χ1v) is 7.52. The van der Waals surface area contributed by atoms with Gasteiger partial charge < -0.3 is 14.7 Å². The van der Waals surface area contributed by atoms with Crippen molar-refractivity contribution in [1.82, 2.24) is 10.1 Å². The zero-order chi connectivity index (χ0) is 16.6. The molecule has 2 heterocycles. The summed E-state index contributed by atoms with van der Waals surface area (Å²) in [5.74, 6) is 0.285. The van der Waals surface area contributed by atoms with Gasteiger partial charge in [0, 0.05) is 19.5 Å². The van der Waals surface area contributed by atoms with Crippen LogP contribution >= 0.6 is 0 Å². The highest BCUT2D eigenvalue weighted by Crippen LogP contribution is 2.37. The van der Waals surface area contributed by atoms with Gasteiger partial charge >= 0.3 is 0 Å². The molecule has 23 heavy (non-hydrogen) atoms. The van der Waals surface area contributed by atoms with Gasteiger partial charge in [0.15, 0.2) is 5.82 Å². The summed E-state index contributed by atoms with van der Waals surface area (Å²) in [6, 6.07) is 9.30. The van der Waals surface area contributed by atoms with E-state index in [1.165, 1.54) is 0 Å². The first-order valence-electron chi connectivity index (χ1n) is 7.52. The minimum absolute atomic E-state index is 0.0351. The van der Waals surface area contributed by atoms with Crippen molar-refractivity contribution in [3.8, 4) is 0 Å². The Kier molecular flexibility index (Phi) is 3.90. The van der Waals surface area contributed by atoms with Crippen molar-refractivity contribution in [2.75, 3.05) is 12.4 Å². The Labute approximate surface area is 134 Å². The van der Waals surface area contributed by atoms with Crippen molar-refractivity contribution in [2.45, 2.75) is 26.3 Å². The van der Waals surface area contributed by atoms with Gasteiger partial charge in [0.1, 0.15) is 5.76 Å². The number of aryl methyl sites for hydroxylation is 2. The summed E-state index contributed by atoms with van der Waals surface area (Å²) >= 11 is 0. The maximum absolute atomic E-state index is 12.6. The van der Waals surface area contributed by atoms with Crippen LogP contribution < -0.4 is 5.32 Å². The molecule has 3 rings (SSSR count). The van der Waals surface area contributed by atoms with Gasteiger partial charge in [-0.15, -0.1) is 0 Å². The molecule has 2 amide bonds. The molecular formula is C17H19N3O3. The van der Waals surface area contributed by atoms with Gasteiger partial charge in [0.25, 0.3) is 0 Å². The predicted molar refractivity (Wildman–Crippen MR) is 84.7 cm³/mol. The van der Waals surface area contributed by atoms with Crippen molar-refractivity contribution in [2.24, 2.45) is 5.92 Å². The van der Waals surface area contributed by atoms with Gasteiger partial charge in [0.2, 0.25) is 11.8 Å². The summed E-state index contributed by atoms with van der Waals surface area (Å²) in [5, 5.41) is 6.50. The Morgan fingerprint density at radius 1 is 1.30 bits per heavy atom. The second-order valence-electron chi connectivity index (χ2n) is 5.98. The topological polar surface area (TPSA) is 75.4 Å². The Bertz CT molecular complexity index is 736. The van der Waals surface area contributed by atoms with Gasteiger partial charge in [-0.05, 0) is 19.4 Å². The number of anilines is 1. The molecule has 6 heteroatoms. The lowest BCUT2D eigenvalue weighted by Gasteiger charge is -2.24. The minimum atomic E-state index is -0.452. The second kappa shape index (κ2) is 5.87. The van der Waals surface area contributed by atoms with E-state index >= 15 is 0 Å². The monoisotopic (exact) mass is 313 g/mol. The Morgan fingerprint density at radius 2 is 2.00 bits per heavy atom. The summed E-state index contributed by atoms with van der Waals surface area (Å²) in [7, 11) is 1.74. The van der Waals surface area contributed by atoms with Crippen molar-refractivity contribution in [3.05, 3.63) is 47.2 Å². The van der Waals surface area contributed by atoms with Crippen LogP contribution in [-0.4, -0.2) is 28.9 Å². The van der Waals surface area contributed by atoms with E-state index in [0.717, 1.165) is 11.1 Å². The van der Waals surface area contributed by atoms with Crippen molar-refractivity contribution in [1.29, 1.82) is 0 Å². The lowest BCUT2D eigenvalue weighted by Crippen LogP contribution is -2.30. The molecule has 1 aliphatic heterocycles. The SMILES string of the molecule is Cc1ccc([C@@H]2[C@@H](C(=O)Nc3cc(C)on3)CC(=O)N2C)cc1. The Balaban J connectivity index is 1.85. The van der Waals surface area contributed by atoms with Gasteiger partial charge in [-0.3, -0.25) is 9.59 Å². The van der Waals surface area contributed by atoms with Gasteiger partial charge in [-0.25, -0.2) is 0 Å². The highest BCUT2D eigenvalue weighted by molar-refractivity contribution is 5.97. The average molecular weight is 313 g/mol. The lowest BCUT2D eigenvalue weighted by atomic mass is 9.92. The number of rotatable bonds is 3. The lowest BCUT2D eigenvalue weighted by molar-refractivity contribution is -0.127. The Morgan fingerprint density at radius 3 is 2.61 bits per heavy atom. The number of nitrogens with one attached hydrogen (secondary N) is 1. The molecular weight excluding hydrogens is 294 g/mol. The van der Waals surface area contributed by atoms with Crippen molar-refractivity contribution < 1.29 is 14.1 Å². The normalized spacial score (nSPS) is 20.8. The van der Waals surface area contributed by atoms with Crippen LogP contribution in [0.5, 0.6) is 0 Å². The average Bonchev–Trinajstić information content (AvgIpc) is 3.05. The Hall–Kier alpha value is -2.63. The fourth-order valence-electron chi connectivity index (χ4n) is 2.97. The maximum atomic E-state index is 12.6. The minimum Gasteiger partial charge on any atom is -0.360 e. The number of benzene rings is 1. The van der Waals surface area contributed by atoms with Crippen LogP contribution in [0.1, 0.15) is 29.3 Å². The van der Waals surface area contributed by atoms with E-state index in [-0.39, 0.29) is 24.3 Å². The molecule has 0 bridgehead atoms. The van der Waals surface area contributed by atoms with Gasteiger partial charge in [-0.2, -0.15) is 0 Å². The first kappa shape index (κ1) is 15.3. The number of likely N-dealkylation sites (tertiary alicyclic amines) is 1. The molecule has 2 aromatic rings. The summed E-state index contributed by atoms with van der Waals surface area (Å²) in [4.78, 5) is 26.3. The summed E-state index contributed by atoms with van der Waals surface area (Å²) < 4.78 is 4.95. The third-order valence-corrected chi connectivity index (χ3v) is 4.22. The van der Waals surface area contributed by atoms with Gasteiger partial charge in [0.05, 0.1) is 12.0 Å². The zero-order valence-corrected chi connectivity index (χ0v) is 13.4. The molecule has 1 aromatic heterocycles. The van der Waals surface area contributed by atoms with E-state index in [1.807, 2.05) is 31.2 Å². The summed E-state index contributed by atoms with van der Waals surface area (Å²) in [6.07, 6.45) is 0.192. The number of aromatic nitrogens is 1. The molecule has 2 atom stereocenters. The van der Waals surface area contributed by atoms with Crippen LogP contribution in [0.4, 0.5) is 5.82 Å². The molecule has 120 valence electrons. The molecule has 0 unspecified atom stereocenters. The summed E-state index contributed by atoms with van der Waals surface area (Å²) in [6.45, 7) is 3.76. The van der Waals surface area contributed by atoms with Crippen LogP contribution in [0.3, 0.4) is 0 Å². The molecule has 6 nitrogen and oxygen atoms in total. The summed E-state index contributed by atoms with van der Waals surface area (Å²) in [5.41, 5.74) is 2.10. The van der Waals surface area contributed by atoms with E-state index < -0.39 is 5.92 Å². The first-order chi connectivity index (χ1) is 11.0. The smallest absolute Gasteiger partial charge is 0.231 e. The molecule has 1 aromatic carbocycles. The molecule has 1 aliphatic rings. The van der Waals surface area contributed by atoms with Crippen LogP contribution in [0.15, 0.2) is 34.9 Å². The number of amides is 2. The highest BCUT2D eigenvalue weighted by atomic mass is 16.5. The van der Waals surface area contributed by atoms with E-state index in [4.69, 9.17) is 4.52 Å². The number of carbonyl (C=O) groups is 2. The molecule has 0 spiro atoms. The fourth-order valence-corrected chi connectivity index (χ4v) is 2.97. The zero-order valence-electron chi connectivity index (χ0n) is 13.4. The van der Waals surface area contributed by atoms with Crippen LogP contribution in [-0.2, 0) is 9.59 Å². The molecule has 0 saturated carbocycles. The molecule has 1 N–H and O–H groups in total. The number of hydrogen-bond acceptors (Lipinski definition) is 4. The fraction of sp³-hybridized carbons (Fsp3) is 0.353. The van der Waals surface area contributed by atoms with Gasteiger partial charge in [-0.1, -0.05) is 35.0 Å². The molecule has 0 radical (unpaired) electrons. The molecule has 1 fully saturated rings. The predicted octanol–water partition coefficient (Wildman–Crippen LogP) is 2.45. The number of nitrogens with zero attached hydrogens (tertiary/aromatic N) is 2. The van der Waals surface area contributed by atoms with E-state index in [0.29, 0.717) is 11.6 Å². The number of carbonyl (C=O) groups excluding carboxylic acids is 2. The van der Waals surface area contributed by atoms with Crippen molar-refractivity contribution >= 4 is 17.6 Å². The second-order valence-corrected chi connectivity index (χ2v) is 5.98. The quantitative estimate of drug-likeness (QED) is 0.944. The van der Waals surface area contributed by atoms with E-state index in [2.05, 4.69) is 10.5 Å². The molecule has 1 saturated heterocycles. The van der Waals surface area contributed by atoms with Crippen LogP contribution in [0, 0.1) is 19.8 Å². The largest absolute Gasteiger partial charge is 0.360 e. The number of hydrogen-bond donors (Lipinski definition) is 1. The van der Waals surface area contributed by atoms with Crippen LogP contribution in [0.25, 0.3) is 0 Å².